The molecule has 2 aromatic carbocycles. The third kappa shape index (κ3) is 4.03. The van der Waals surface area contributed by atoms with E-state index in [1.165, 1.54) is 6.07 Å². The second-order valence-electron chi connectivity index (χ2n) is 3.97. The van der Waals surface area contributed by atoms with E-state index in [9.17, 15) is 9.59 Å². The standard InChI is InChI=1S/C16H11BrO4/c1-2-15(18)20-11-6-5-7-12(10-11)21-16(19)13-8-3-4-9-14(13)17/h2-10H,1H2. The molecule has 21 heavy (non-hydrogen) atoms. The lowest BCUT2D eigenvalue weighted by atomic mass is 10.2. The van der Waals surface area contributed by atoms with Crippen molar-refractivity contribution < 1.29 is 19.1 Å². The van der Waals surface area contributed by atoms with Gasteiger partial charge in [-0.15, -0.1) is 0 Å². The Morgan fingerprint density at radius 3 is 2.33 bits per heavy atom. The topological polar surface area (TPSA) is 52.6 Å². The van der Waals surface area contributed by atoms with Crippen molar-refractivity contribution in [3.63, 3.8) is 0 Å². The van der Waals surface area contributed by atoms with E-state index >= 15 is 0 Å². The third-order valence-electron chi connectivity index (χ3n) is 2.49. The highest BCUT2D eigenvalue weighted by Crippen LogP contribution is 2.22. The second-order valence-corrected chi connectivity index (χ2v) is 4.82. The van der Waals surface area contributed by atoms with Gasteiger partial charge in [0, 0.05) is 16.6 Å². The zero-order chi connectivity index (χ0) is 15.2. The van der Waals surface area contributed by atoms with Crippen molar-refractivity contribution in [3.05, 3.63) is 71.2 Å². The van der Waals surface area contributed by atoms with Gasteiger partial charge in [0.2, 0.25) is 0 Å². The lowest BCUT2D eigenvalue weighted by molar-refractivity contribution is -0.128. The van der Waals surface area contributed by atoms with Crippen molar-refractivity contribution in [2.45, 2.75) is 0 Å². The van der Waals surface area contributed by atoms with Gasteiger partial charge >= 0.3 is 11.9 Å². The molecule has 0 fully saturated rings. The van der Waals surface area contributed by atoms with E-state index in [0.717, 1.165) is 6.08 Å². The summed E-state index contributed by atoms with van der Waals surface area (Å²) in [5, 5.41) is 0. The van der Waals surface area contributed by atoms with Gasteiger partial charge in [-0.2, -0.15) is 0 Å². The van der Waals surface area contributed by atoms with Crippen LogP contribution in [0, 0.1) is 0 Å². The van der Waals surface area contributed by atoms with E-state index in [1.807, 2.05) is 0 Å². The molecule has 0 unspecified atom stereocenters. The maximum Gasteiger partial charge on any atom is 0.344 e. The van der Waals surface area contributed by atoms with E-state index in [-0.39, 0.29) is 11.5 Å². The number of halogens is 1. The van der Waals surface area contributed by atoms with E-state index in [1.54, 1.807) is 42.5 Å². The molecule has 0 saturated carbocycles. The summed E-state index contributed by atoms with van der Waals surface area (Å²) in [5.41, 5.74) is 0.408. The number of ether oxygens (including phenoxy) is 2. The van der Waals surface area contributed by atoms with E-state index in [0.29, 0.717) is 10.0 Å². The molecule has 2 rings (SSSR count). The Kier molecular flexibility index (Phi) is 4.90. The van der Waals surface area contributed by atoms with Crippen molar-refractivity contribution in [2.24, 2.45) is 0 Å². The van der Waals surface area contributed by atoms with Crippen LogP contribution in [0.2, 0.25) is 0 Å². The smallest absolute Gasteiger partial charge is 0.344 e. The Morgan fingerprint density at radius 2 is 1.67 bits per heavy atom. The van der Waals surface area contributed by atoms with Gasteiger partial charge in [0.05, 0.1) is 5.56 Å². The summed E-state index contributed by atoms with van der Waals surface area (Å²) in [4.78, 5) is 23.2. The first-order valence-corrected chi connectivity index (χ1v) is 6.80. The molecule has 2 aromatic rings. The average Bonchev–Trinajstić information content (AvgIpc) is 2.47. The lowest BCUT2D eigenvalue weighted by Gasteiger charge is -2.07. The van der Waals surface area contributed by atoms with Crippen molar-refractivity contribution in [1.82, 2.24) is 0 Å². The quantitative estimate of drug-likeness (QED) is 0.480. The lowest BCUT2D eigenvalue weighted by Crippen LogP contribution is -2.09. The largest absolute Gasteiger partial charge is 0.423 e. The molecule has 0 N–H and O–H groups in total. The first kappa shape index (κ1) is 15.0. The minimum absolute atomic E-state index is 0.275. The first-order chi connectivity index (χ1) is 10.1. The third-order valence-corrected chi connectivity index (χ3v) is 3.19. The molecule has 106 valence electrons. The van der Waals surface area contributed by atoms with Crippen LogP contribution in [0.4, 0.5) is 0 Å². The summed E-state index contributed by atoms with van der Waals surface area (Å²) in [6, 6.07) is 13.2. The fourth-order valence-corrected chi connectivity index (χ4v) is 1.99. The van der Waals surface area contributed by atoms with Crippen LogP contribution in [0.1, 0.15) is 10.4 Å². The van der Waals surface area contributed by atoms with Gasteiger partial charge in [0.15, 0.2) is 0 Å². The highest BCUT2D eigenvalue weighted by Gasteiger charge is 2.12. The number of hydrogen-bond donors (Lipinski definition) is 0. The van der Waals surface area contributed by atoms with E-state index in [4.69, 9.17) is 9.47 Å². The first-order valence-electron chi connectivity index (χ1n) is 6.01. The van der Waals surface area contributed by atoms with Crippen LogP contribution in [0.5, 0.6) is 11.5 Å². The Labute approximate surface area is 130 Å². The van der Waals surface area contributed by atoms with Gasteiger partial charge in [-0.1, -0.05) is 24.8 Å². The van der Waals surface area contributed by atoms with Crippen LogP contribution in [0.3, 0.4) is 0 Å². The predicted molar refractivity (Wildman–Crippen MR) is 81.4 cm³/mol. The molecule has 0 aliphatic carbocycles. The predicted octanol–water partition coefficient (Wildman–Crippen LogP) is 3.76. The van der Waals surface area contributed by atoms with E-state index in [2.05, 4.69) is 22.5 Å². The van der Waals surface area contributed by atoms with Crippen molar-refractivity contribution in [3.8, 4) is 11.5 Å². The summed E-state index contributed by atoms with van der Waals surface area (Å²) in [7, 11) is 0. The Hall–Kier alpha value is -2.40. The summed E-state index contributed by atoms with van der Waals surface area (Å²) >= 11 is 3.29. The zero-order valence-corrected chi connectivity index (χ0v) is 12.5. The maximum absolute atomic E-state index is 12.0. The van der Waals surface area contributed by atoms with Crippen molar-refractivity contribution in [2.75, 3.05) is 0 Å². The van der Waals surface area contributed by atoms with Crippen LogP contribution in [0.25, 0.3) is 0 Å². The molecule has 0 bridgehead atoms. The van der Waals surface area contributed by atoms with Crippen LogP contribution >= 0.6 is 15.9 Å². The van der Waals surface area contributed by atoms with Crippen LogP contribution in [0.15, 0.2) is 65.7 Å². The summed E-state index contributed by atoms with van der Waals surface area (Å²) in [6.45, 7) is 3.31. The second kappa shape index (κ2) is 6.85. The van der Waals surface area contributed by atoms with Gasteiger partial charge in [0.25, 0.3) is 0 Å². The molecule has 0 amide bonds. The Balaban J connectivity index is 2.15. The molecule has 0 atom stereocenters. The fraction of sp³-hybridized carbons (Fsp3) is 0. The van der Waals surface area contributed by atoms with Crippen molar-refractivity contribution >= 4 is 27.9 Å². The van der Waals surface area contributed by atoms with Crippen LogP contribution < -0.4 is 9.47 Å². The molecule has 5 heteroatoms. The average molecular weight is 347 g/mol. The minimum Gasteiger partial charge on any atom is -0.423 e. The monoisotopic (exact) mass is 346 g/mol. The molecular formula is C16H11BrO4. The number of hydrogen-bond acceptors (Lipinski definition) is 4. The number of carbonyl (C=O) groups excluding carboxylic acids is 2. The van der Waals surface area contributed by atoms with Gasteiger partial charge in [-0.05, 0) is 40.2 Å². The highest BCUT2D eigenvalue weighted by molar-refractivity contribution is 9.10. The minimum atomic E-state index is -0.579. The van der Waals surface area contributed by atoms with Crippen molar-refractivity contribution in [1.29, 1.82) is 0 Å². The Morgan fingerprint density at radius 1 is 1.00 bits per heavy atom. The highest BCUT2D eigenvalue weighted by atomic mass is 79.9. The molecular weight excluding hydrogens is 336 g/mol. The van der Waals surface area contributed by atoms with Gasteiger partial charge < -0.3 is 9.47 Å². The van der Waals surface area contributed by atoms with E-state index < -0.39 is 11.9 Å². The summed E-state index contributed by atoms with van der Waals surface area (Å²) < 4.78 is 10.9. The molecule has 0 aromatic heterocycles. The zero-order valence-electron chi connectivity index (χ0n) is 10.9. The number of carbonyl (C=O) groups is 2. The number of rotatable bonds is 4. The van der Waals surface area contributed by atoms with Crippen LogP contribution in [-0.4, -0.2) is 11.9 Å². The molecule has 0 aliphatic rings. The van der Waals surface area contributed by atoms with Gasteiger partial charge in [-0.25, -0.2) is 9.59 Å². The summed E-state index contributed by atoms with van der Waals surface area (Å²) in [5.74, 6) is -0.526. The SMILES string of the molecule is C=CC(=O)Oc1cccc(OC(=O)c2ccccc2Br)c1. The fourth-order valence-electron chi connectivity index (χ4n) is 1.55. The molecule has 0 heterocycles. The number of benzene rings is 2. The van der Waals surface area contributed by atoms with Gasteiger partial charge in [-0.3, -0.25) is 0 Å². The van der Waals surface area contributed by atoms with Crippen LogP contribution in [-0.2, 0) is 4.79 Å². The molecule has 0 aliphatic heterocycles. The molecule has 4 nitrogen and oxygen atoms in total. The maximum atomic E-state index is 12.0. The summed E-state index contributed by atoms with van der Waals surface area (Å²) in [6.07, 6.45) is 1.06. The molecule has 0 spiro atoms. The molecule has 0 radical (unpaired) electrons. The normalized spacial score (nSPS) is 9.76. The molecule has 0 saturated heterocycles. The van der Waals surface area contributed by atoms with Gasteiger partial charge in [0.1, 0.15) is 11.5 Å². The number of esters is 2. The Bertz CT molecular complexity index is 694.